The Morgan fingerprint density at radius 1 is 1.29 bits per heavy atom. The largest absolute Gasteiger partial charge is 0.444 e. The molecule has 1 amide bonds. The summed E-state index contributed by atoms with van der Waals surface area (Å²) in [7, 11) is 0. The number of amides is 1. The maximum Gasteiger partial charge on any atom is 0.407 e. The van der Waals surface area contributed by atoms with Crippen LogP contribution >= 0.6 is 0 Å². The highest BCUT2D eigenvalue weighted by Gasteiger charge is 2.25. The van der Waals surface area contributed by atoms with E-state index in [0.29, 0.717) is 6.54 Å². The first-order valence-corrected chi connectivity index (χ1v) is 8.37. The van der Waals surface area contributed by atoms with Gasteiger partial charge in [-0.3, -0.25) is 4.98 Å². The van der Waals surface area contributed by atoms with Crippen molar-refractivity contribution in [1.29, 1.82) is 0 Å². The first-order valence-electron chi connectivity index (χ1n) is 8.37. The van der Waals surface area contributed by atoms with Crippen molar-refractivity contribution in [3.8, 4) is 0 Å². The molecular formula is C18H24N4O2. The van der Waals surface area contributed by atoms with E-state index < -0.39 is 5.60 Å². The van der Waals surface area contributed by atoms with Crippen LogP contribution in [0.15, 0.2) is 30.5 Å². The fourth-order valence-corrected chi connectivity index (χ4v) is 2.88. The summed E-state index contributed by atoms with van der Waals surface area (Å²) in [6.45, 7) is 7.23. The first-order chi connectivity index (χ1) is 11.4. The van der Waals surface area contributed by atoms with Gasteiger partial charge < -0.3 is 15.0 Å². The SMILES string of the molecule is CC(C)(C)OC(=O)N[C@@H]1CCCN(c2cnc3ccccc3n2)C1. The molecule has 6 nitrogen and oxygen atoms in total. The summed E-state index contributed by atoms with van der Waals surface area (Å²) in [6, 6.07) is 7.89. The summed E-state index contributed by atoms with van der Waals surface area (Å²) >= 11 is 0. The summed E-state index contributed by atoms with van der Waals surface area (Å²) in [5.41, 5.74) is 1.29. The van der Waals surface area contributed by atoms with Crippen molar-refractivity contribution >= 4 is 22.9 Å². The maximum atomic E-state index is 12.0. The van der Waals surface area contributed by atoms with Crippen molar-refractivity contribution in [2.45, 2.75) is 45.3 Å². The average molecular weight is 328 g/mol. The van der Waals surface area contributed by atoms with Gasteiger partial charge in [-0.1, -0.05) is 12.1 Å². The van der Waals surface area contributed by atoms with Crippen molar-refractivity contribution in [2.24, 2.45) is 0 Å². The Labute approximate surface area is 142 Å². The van der Waals surface area contributed by atoms with Crippen molar-refractivity contribution < 1.29 is 9.53 Å². The number of aromatic nitrogens is 2. The molecule has 0 unspecified atom stereocenters. The fraction of sp³-hybridized carbons (Fsp3) is 0.500. The van der Waals surface area contributed by atoms with Gasteiger partial charge in [0.15, 0.2) is 0 Å². The highest BCUT2D eigenvalue weighted by Crippen LogP contribution is 2.20. The van der Waals surface area contributed by atoms with Crippen LogP contribution in [0.25, 0.3) is 11.0 Å². The van der Waals surface area contributed by atoms with Crippen LogP contribution < -0.4 is 10.2 Å². The molecule has 0 bridgehead atoms. The third kappa shape index (κ3) is 4.13. The topological polar surface area (TPSA) is 67.3 Å². The lowest BCUT2D eigenvalue weighted by molar-refractivity contribution is 0.0500. The number of piperidine rings is 1. The van der Waals surface area contributed by atoms with E-state index in [1.54, 1.807) is 6.20 Å². The molecule has 1 aliphatic rings. The highest BCUT2D eigenvalue weighted by molar-refractivity contribution is 5.75. The van der Waals surface area contributed by atoms with Crippen molar-refractivity contribution in [2.75, 3.05) is 18.0 Å². The van der Waals surface area contributed by atoms with Crippen LogP contribution in [-0.2, 0) is 4.74 Å². The van der Waals surface area contributed by atoms with Gasteiger partial charge in [0.2, 0.25) is 0 Å². The zero-order chi connectivity index (χ0) is 17.2. The molecule has 24 heavy (non-hydrogen) atoms. The predicted octanol–water partition coefficient (Wildman–Crippen LogP) is 3.12. The normalized spacial score (nSPS) is 18.5. The number of alkyl carbamates (subject to hydrolysis) is 1. The summed E-state index contributed by atoms with van der Waals surface area (Å²) in [5, 5.41) is 2.96. The molecule has 6 heteroatoms. The number of carbonyl (C=O) groups excluding carboxylic acids is 1. The van der Waals surface area contributed by atoms with E-state index in [9.17, 15) is 4.79 Å². The van der Waals surface area contributed by atoms with E-state index in [2.05, 4.69) is 15.2 Å². The molecule has 1 N–H and O–H groups in total. The van der Waals surface area contributed by atoms with Crippen LogP contribution in [0.5, 0.6) is 0 Å². The number of nitrogens with zero attached hydrogens (tertiary/aromatic N) is 3. The molecule has 1 atom stereocenters. The zero-order valence-corrected chi connectivity index (χ0v) is 14.5. The number of fused-ring (bicyclic) bond motifs is 1. The van der Waals surface area contributed by atoms with Crippen molar-refractivity contribution in [3.63, 3.8) is 0 Å². The van der Waals surface area contributed by atoms with E-state index >= 15 is 0 Å². The van der Waals surface area contributed by atoms with Crippen LogP contribution in [-0.4, -0.2) is 40.8 Å². The standard InChI is InChI=1S/C18H24N4O2/c1-18(2,3)24-17(23)20-13-7-6-10-22(12-13)16-11-19-14-8-4-5-9-15(14)21-16/h4-5,8-9,11,13H,6-7,10,12H2,1-3H3,(H,20,23)/t13-/m1/s1. The van der Waals surface area contributed by atoms with Gasteiger partial charge in [-0.25, -0.2) is 9.78 Å². The molecule has 1 fully saturated rings. The minimum absolute atomic E-state index is 0.0573. The van der Waals surface area contributed by atoms with E-state index in [1.165, 1.54) is 0 Å². The molecule has 1 aliphatic heterocycles. The van der Waals surface area contributed by atoms with Crippen molar-refractivity contribution in [3.05, 3.63) is 30.5 Å². The second kappa shape index (κ2) is 6.63. The summed E-state index contributed by atoms with van der Waals surface area (Å²) in [4.78, 5) is 23.3. The quantitative estimate of drug-likeness (QED) is 0.917. The average Bonchev–Trinajstić information content (AvgIpc) is 2.53. The first kappa shape index (κ1) is 16.5. The van der Waals surface area contributed by atoms with Gasteiger partial charge in [0.05, 0.1) is 17.2 Å². The number of benzene rings is 1. The van der Waals surface area contributed by atoms with Gasteiger partial charge >= 0.3 is 6.09 Å². The Hall–Kier alpha value is -2.37. The van der Waals surface area contributed by atoms with E-state index in [-0.39, 0.29) is 12.1 Å². The molecule has 0 saturated carbocycles. The van der Waals surface area contributed by atoms with Gasteiger partial charge in [0.1, 0.15) is 11.4 Å². The highest BCUT2D eigenvalue weighted by atomic mass is 16.6. The fourth-order valence-electron chi connectivity index (χ4n) is 2.88. The van der Waals surface area contributed by atoms with Crippen LogP contribution in [0.4, 0.5) is 10.6 Å². The lowest BCUT2D eigenvalue weighted by Gasteiger charge is -2.34. The number of hydrogen-bond acceptors (Lipinski definition) is 5. The number of carbonyl (C=O) groups is 1. The molecule has 0 aliphatic carbocycles. The van der Waals surface area contributed by atoms with E-state index in [4.69, 9.17) is 9.72 Å². The summed E-state index contributed by atoms with van der Waals surface area (Å²) in [6.07, 6.45) is 3.38. The molecule has 0 radical (unpaired) electrons. The molecule has 128 valence electrons. The van der Waals surface area contributed by atoms with Gasteiger partial charge in [-0.15, -0.1) is 0 Å². The van der Waals surface area contributed by atoms with Crippen molar-refractivity contribution in [1.82, 2.24) is 15.3 Å². The Bertz CT molecular complexity index is 726. The molecular weight excluding hydrogens is 304 g/mol. The molecule has 0 spiro atoms. The van der Waals surface area contributed by atoms with Gasteiger partial charge in [-0.2, -0.15) is 0 Å². The monoisotopic (exact) mass is 328 g/mol. The van der Waals surface area contributed by atoms with Crippen LogP contribution in [0, 0.1) is 0 Å². The van der Waals surface area contributed by atoms with Crippen LogP contribution in [0.2, 0.25) is 0 Å². The Kier molecular flexibility index (Phi) is 4.55. The Morgan fingerprint density at radius 2 is 2.04 bits per heavy atom. The number of rotatable bonds is 2. The minimum Gasteiger partial charge on any atom is -0.444 e. The molecule has 1 saturated heterocycles. The number of nitrogens with one attached hydrogen (secondary N) is 1. The lowest BCUT2D eigenvalue weighted by Crippen LogP contribution is -2.49. The molecule has 2 heterocycles. The lowest BCUT2D eigenvalue weighted by atomic mass is 10.1. The minimum atomic E-state index is -0.484. The Balaban J connectivity index is 1.67. The van der Waals surface area contributed by atoms with Gasteiger partial charge in [-0.05, 0) is 45.7 Å². The zero-order valence-electron chi connectivity index (χ0n) is 14.5. The number of anilines is 1. The van der Waals surface area contributed by atoms with E-state index in [0.717, 1.165) is 36.2 Å². The molecule has 1 aromatic heterocycles. The van der Waals surface area contributed by atoms with Crippen LogP contribution in [0.1, 0.15) is 33.6 Å². The number of para-hydroxylation sites is 2. The third-order valence-electron chi connectivity index (χ3n) is 3.90. The number of ether oxygens (including phenoxy) is 1. The predicted molar refractivity (Wildman–Crippen MR) is 94.1 cm³/mol. The Morgan fingerprint density at radius 3 is 2.79 bits per heavy atom. The summed E-state index contributed by atoms with van der Waals surface area (Å²) < 4.78 is 5.34. The number of hydrogen-bond donors (Lipinski definition) is 1. The van der Waals surface area contributed by atoms with Crippen LogP contribution in [0.3, 0.4) is 0 Å². The molecule has 3 rings (SSSR count). The third-order valence-corrected chi connectivity index (χ3v) is 3.90. The van der Waals surface area contributed by atoms with E-state index in [1.807, 2.05) is 45.0 Å². The van der Waals surface area contributed by atoms with Gasteiger partial charge in [0.25, 0.3) is 0 Å². The summed E-state index contributed by atoms with van der Waals surface area (Å²) in [5.74, 6) is 0.851. The second-order valence-corrected chi connectivity index (χ2v) is 7.15. The maximum absolute atomic E-state index is 12.0. The smallest absolute Gasteiger partial charge is 0.407 e. The molecule has 1 aromatic carbocycles. The van der Waals surface area contributed by atoms with Gasteiger partial charge in [0, 0.05) is 19.1 Å². The molecule has 2 aromatic rings. The second-order valence-electron chi connectivity index (χ2n) is 7.15.